The largest absolute Gasteiger partial charge is 0.371 e. The Balaban J connectivity index is 3.54. The zero-order valence-corrected chi connectivity index (χ0v) is 11.3. The van der Waals surface area contributed by atoms with Gasteiger partial charge in [0.2, 0.25) is 0 Å². The molecule has 10 nitrogen and oxygen atoms in total. The second kappa shape index (κ2) is 6.61. The predicted octanol–water partition coefficient (Wildman–Crippen LogP) is 1.83. The van der Waals surface area contributed by atoms with Crippen molar-refractivity contribution >= 4 is 23.0 Å². The Morgan fingerprint density at radius 2 is 1.76 bits per heavy atom. The third-order valence-corrected chi connectivity index (χ3v) is 2.86. The molecule has 10 heteroatoms. The van der Waals surface area contributed by atoms with Gasteiger partial charge in [-0.15, -0.1) is 0 Å². The van der Waals surface area contributed by atoms with Crippen molar-refractivity contribution in [3.8, 4) is 0 Å². The highest BCUT2D eigenvalue weighted by atomic mass is 16.6. The SMILES string of the molecule is CCC(C)Nc1c([N+](=O)[O-])cc(C(=O)NO)cc1[N+](=O)[O-]. The van der Waals surface area contributed by atoms with E-state index in [0.717, 1.165) is 12.1 Å². The standard InChI is InChI=1S/C11H14N4O6/c1-3-6(2)12-10-8(14(18)19)4-7(11(16)13-17)5-9(10)15(20)21/h4-6,12,17H,3H2,1-2H3,(H,13,16). The van der Waals surface area contributed by atoms with E-state index in [-0.39, 0.29) is 17.3 Å². The van der Waals surface area contributed by atoms with Gasteiger partial charge < -0.3 is 5.32 Å². The van der Waals surface area contributed by atoms with Crippen molar-refractivity contribution in [1.29, 1.82) is 0 Å². The molecule has 3 N–H and O–H groups in total. The van der Waals surface area contributed by atoms with Crippen LogP contribution in [0.1, 0.15) is 30.6 Å². The lowest BCUT2D eigenvalue weighted by Crippen LogP contribution is -2.20. The molecule has 1 rings (SSSR count). The smallest absolute Gasteiger partial charge is 0.300 e. The highest BCUT2D eigenvalue weighted by Crippen LogP contribution is 2.36. The summed E-state index contributed by atoms with van der Waals surface area (Å²) in [6, 6.07) is 1.49. The van der Waals surface area contributed by atoms with E-state index in [1.807, 2.05) is 6.92 Å². The molecule has 114 valence electrons. The van der Waals surface area contributed by atoms with Crippen LogP contribution in [-0.2, 0) is 0 Å². The monoisotopic (exact) mass is 298 g/mol. The van der Waals surface area contributed by atoms with Gasteiger partial charge in [-0.05, 0) is 13.3 Å². The van der Waals surface area contributed by atoms with Gasteiger partial charge in [0.05, 0.1) is 15.4 Å². The number of nitrogens with one attached hydrogen (secondary N) is 2. The molecular formula is C11H14N4O6. The summed E-state index contributed by atoms with van der Waals surface area (Å²) in [6.07, 6.45) is 0.590. The molecule has 0 radical (unpaired) electrons. The van der Waals surface area contributed by atoms with E-state index < -0.39 is 27.1 Å². The molecule has 1 aromatic carbocycles. The molecule has 1 unspecified atom stereocenters. The number of amides is 1. The minimum absolute atomic E-state index is 0.236. The van der Waals surface area contributed by atoms with Crippen molar-refractivity contribution < 1.29 is 19.8 Å². The van der Waals surface area contributed by atoms with Crippen LogP contribution in [0.15, 0.2) is 12.1 Å². The number of carbonyl (C=O) groups is 1. The molecule has 0 aliphatic heterocycles. The summed E-state index contributed by atoms with van der Waals surface area (Å²) in [5, 5.41) is 33.4. The number of nitro groups is 2. The third-order valence-electron chi connectivity index (χ3n) is 2.86. The van der Waals surface area contributed by atoms with Gasteiger partial charge in [-0.2, -0.15) is 0 Å². The Morgan fingerprint density at radius 1 is 1.29 bits per heavy atom. The van der Waals surface area contributed by atoms with Crippen LogP contribution in [-0.4, -0.2) is 27.0 Å². The molecule has 0 spiro atoms. The van der Waals surface area contributed by atoms with Crippen molar-refractivity contribution in [2.24, 2.45) is 0 Å². The lowest BCUT2D eigenvalue weighted by Gasteiger charge is -2.13. The molecule has 1 amide bonds. The van der Waals surface area contributed by atoms with Crippen LogP contribution in [0.4, 0.5) is 17.1 Å². The number of nitrogens with zero attached hydrogens (tertiary/aromatic N) is 2. The molecule has 0 aliphatic carbocycles. The van der Waals surface area contributed by atoms with Gasteiger partial charge in [-0.3, -0.25) is 30.2 Å². The van der Waals surface area contributed by atoms with E-state index in [2.05, 4.69) is 5.32 Å². The second-order valence-electron chi connectivity index (χ2n) is 4.30. The van der Waals surface area contributed by atoms with E-state index in [1.54, 1.807) is 6.92 Å². The van der Waals surface area contributed by atoms with Crippen LogP contribution >= 0.6 is 0 Å². The maximum Gasteiger partial charge on any atom is 0.300 e. The molecule has 0 saturated heterocycles. The number of nitro benzene ring substituents is 2. The van der Waals surface area contributed by atoms with Crippen molar-refractivity contribution in [2.45, 2.75) is 26.3 Å². The van der Waals surface area contributed by atoms with Gasteiger partial charge in [-0.25, -0.2) is 5.48 Å². The summed E-state index contributed by atoms with van der Waals surface area (Å²) in [4.78, 5) is 31.8. The van der Waals surface area contributed by atoms with Gasteiger partial charge in [-0.1, -0.05) is 6.92 Å². The zero-order chi connectivity index (χ0) is 16.2. The average Bonchev–Trinajstić information content (AvgIpc) is 2.45. The molecular weight excluding hydrogens is 284 g/mol. The summed E-state index contributed by atoms with van der Waals surface area (Å²) < 4.78 is 0. The Morgan fingerprint density at radius 3 is 2.10 bits per heavy atom. The Kier molecular flexibility index (Phi) is 5.13. The number of anilines is 1. The summed E-state index contributed by atoms with van der Waals surface area (Å²) in [5.41, 5.74) is -0.589. The minimum atomic E-state index is -1.07. The molecule has 0 saturated carbocycles. The Hall–Kier alpha value is -2.75. The third kappa shape index (κ3) is 3.63. The number of hydroxylamine groups is 1. The van der Waals surface area contributed by atoms with E-state index in [0.29, 0.717) is 6.42 Å². The van der Waals surface area contributed by atoms with Crippen LogP contribution in [0.3, 0.4) is 0 Å². The maximum atomic E-state index is 11.3. The van der Waals surface area contributed by atoms with Crippen LogP contribution in [0, 0.1) is 20.2 Å². The summed E-state index contributed by atoms with van der Waals surface area (Å²) in [7, 11) is 0. The highest BCUT2D eigenvalue weighted by Gasteiger charge is 2.29. The van der Waals surface area contributed by atoms with Gasteiger partial charge in [0.1, 0.15) is 0 Å². The topological polar surface area (TPSA) is 148 Å². The molecule has 0 bridgehead atoms. The quantitative estimate of drug-likeness (QED) is 0.412. The fraction of sp³-hybridized carbons (Fsp3) is 0.364. The zero-order valence-electron chi connectivity index (χ0n) is 11.3. The summed E-state index contributed by atoms with van der Waals surface area (Å²) >= 11 is 0. The summed E-state index contributed by atoms with van der Waals surface area (Å²) in [5.74, 6) is -1.07. The normalized spacial score (nSPS) is 11.6. The van der Waals surface area contributed by atoms with Crippen molar-refractivity contribution in [1.82, 2.24) is 5.48 Å². The first-order valence-corrected chi connectivity index (χ1v) is 5.99. The second-order valence-corrected chi connectivity index (χ2v) is 4.30. The Bertz CT molecular complexity index is 553. The first-order chi connectivity index (χ1) is 9.81. The molecule has 0 aliphatic rings. The number of carbonyl (C=O) groups excluding carboxylic acids is 1. The first kappa shape index (κ1) is 16.3. The first-order valence-electron chi connectivity index (χ1n) is 5.99. The van der Waals surface area contributed by atoms with Crippen LogP contribution in [0.5, 0.6) is 0 Å². The van der Waals surface area contributed by atoms with E-state index in [4.69, 9.17) is 5.21 Å². The molecule has 21 heavy (non-hydrogen) atoms. The molecule has 0 fully saturated rings. The fourth-order valence-corrected chi connectivity index (χ4v) is 1.59. The van der Waals surface area contributed by atoms with Crippen molar-refractivity contribution in [3.05, 3.63) is 37.9 Å². The van der Waals surface area contributed by atoms with E-state index in [9.17, 15) is 25.0 Å². The molecule has 0 heterocycles. The van der Waals surface area contributed by atoms with Gasteiger partial charge in [0, 0.05) is 18.2 Å². The van der Waals surface area contributed by atoms with Gasteiger partial charge >= 0.3 is 0 Å². The highest BCUT2D eigenvalue weighted by molar-refractivity contribution is 5.96. The minimum Gasteiger partial charge on any atom is -0.371 e. The fourth-order valence-electron chi connectivity index (χ4n) is 1.59. The maximum absolute atomic E-state index is 11.3. The molecule has 1 atom stereocenters. The lowest BCUT2D eigenvalue weighted by atomic mass is 10.1. The molecule has 0 aromatic heterocycles. The number of hydrogen-bond acceptors (Lipinski definition) is 7. The van der Waals surface area contributed by atoms with Gasteiger partial charge in [0.25, 0.3) is 17.3 Å². The van der Waals surface area contributed by atoms with Crippen molar-refractivity contribution in [3.63, 3.8) is 0 Å². The van der Waals surface area contributed by atoms with E-state index in [1.165, 1.54) is 5.48 Å². The van der Waals surface area contributed by atoms with Crippen LogP contribution in [0.25, 0.3) is 0 Å². The molecule has 1 aromatic rings. The summed E-state index contributed by atoms with van der Waals surface area (Å²) in [6.45, 7) is 3.52. The lowest BCUT2D eigenvalue weighted by molar-refractivity contribution is -0.392. The average molecular weight is 298 g/mol. The number of rotatable bonds is 6. The van der Waals surface area contributed by atoms with Crippen LogP contribution < -0.4 is 10.8 Å². The number of hydrogen-bond donors (Lipinski definition) is 3. The number of benzene rings is 1. The van der Waals surface area contributed by atoms with E-state index >= 15 is 0 Å². The Labute approximate surface area is 119 Å². The van der Waals surface area contributed by atoms with Crippen molar-refractivity contribution in [2.75, 3.05) is 5.32 Å². The van der Waals surface area contributed by atoms with Gasteiger partial charge in [0.15, 0.2) is 5.69 Å². The van der Waals surface area contributed by atoms with Crippen LogP contribution in [0.2, 0.25) is 0 Å². The predicted molar refractivity (Wildman–Crippen MR) is 72.4 cm³/mol.